The maximum atomic E-state index is 5.36. The quantitative estimate of drug-likeness (QED) is 0.897. The standard InChI is InChI=1S/C16H20BrN3O/c17-14-7-2-1-5-12(14)11-15-19-16(21-20-15)9-8-13-6-3-4-10-18-13/h1-2,5,7,13,18H,3-4,6,8-11H2. The molecule has 4 nitrogen and oxygen atoms in total. The number of nitrogens with one attached hydrogen (secondary N) is 1. The van der Waals surface area contributed by atoms with Crippen LogP contribution < -0.4 is 5.32 Å². The van der Waals surface area contributed by atoms with Gasteiger partial charge in [-0.2, -0.15) is 4.98 Å². The summed E-state index contributed by atoms with van der Waals surface area (Å²) in [6.07, 6.45) is 6.53. The number of aryl methyl sites for hydroxylation is 1. The van der Waals surface area contributed by atoms with Crippen molar-refractivity contribution in [2.24, 2.45) is 0 Å². The van der Waals surface area contributed by atoms with Crippen LogP contribution >= 0.6 is 15.9 Å². The molecule has 1 aromatic heterocycles. The summed E-state index contributed by atoms with van der Waals surface area (Å²) < 4.78 is 6.45. The first kappa shape index (κ1) is 14.7. The Morgan fingerprint density at radius 3 is 3.00 bits per heavy atom. The molecule has 2 aromatic rings. The highest BCUT2D eigenvalue weighted by Gasteiger charge is 2.15. The van der Waals surface area contributed by atoms with Gasteiger partial charge in [0.25, 0.3) is 0 Å². The van der Waals surface area contributed by atoms with E-state index in [1.165, 1.54) is 24.8 Å². The third kappa shape index (κ3) is 4.14. The molecular weight excluding hydrogens is 330 g/mol. The largest absolute Gasteiger partial charge is 0.339 e. The summed E-state index contributed by atoms with van der Waals surface area (Å²) in [5, 5.41) is 7.64. The second-order valence-electron chi connectivity index (χ2n) is 5.56. The van der Waals surface area contributed by atoms with Gasteiger partial charge in [0.15, 0.2) is 5.82 Å². The topological polar surface area (TPSA) is 51.0 Å². The van der Waals surface area contributed by atoms with Crippen molar-refractivity contribution < 1.29 is 4.52 Å². The van der Waals surface area contributed by atoms with Crippen molar-refractivity contribution in [1.29, 1.82) is 0 Å². The molecule has 5 heteroatoms. The number of benzene rings is 1. The van der Waals surface area contributed by atoms with Crippen molar-refractivity contribution in [3.63, 3.8) is 0 Å². The average Bonchev–Trinajstić information content (AvgIpc) is 2.96. The average molecular weight is 350 g/mol. The number of aromatic nitrogens is 2. The fourth-order valence-corrected chi connectivity index (χ4v) is 3.17. The fourth-order valence-electron chi connectivity index (χ4n) is 2.74. The van der Waals surface area contributed by atoms with E-state index in [4.69, 9.17) is 4.52 Å². The Kier molecular flexibility index (Phi) is 5.04. The smallest absolute Gasteiger partial charge is 0.226 e. The van der Waals surface area contributed by atoms with Crippen molar-refractivity contribution in [3.8, 4) is 0 Å². The number of halogens is 1. The zero-order chi connectivity index (χ0) is 14.5. The molecule has 112 valence electrons. The highest BCUT2D eigenvalue weighted by atomic mass is 79.9. The molecule has 3 rings (SSSR count). The highest BCUT2D eigenvalue weighted by Crippen LogP contribution is 2.19. The lowest BCUT2D eigenvalue weighted by atomic mass is 10.0. The van der Waals surface area contributed by atoms with Gasteiger partial charge in [0.05, 0.1) is 0 Å². The Morgan fingerprint density at radius 1 is 1.29 bits per heavy atom. The summed E-state index contributed by atoms with van der Waals surface area (Å²) in [6, 6.07) is 8.75. The molecule has 0 bridgehead atoms. The number of rotatable bonds is 5. The van der Waals surface area contributed by atoms with Gasteiger partial charge in [0.2, 0.25) is 5.89 Å². The lowest BCUT2D eigenvalue weighted by molar-refractivity contribution is 0.341. The van der Waals surface area contributed by atoms with Gasteiger partial charge in [0, 0.05) is 23.4 Å². The zero-order valence-corrected chi connectivity index (χ0v) is 13.6. The maximum Gasteiger partial charge on any atom is 0.226 e. The van der Waals surface area contributed by atoms with E-state index in [2.05, 4.69) is 37.5 Å². The number of hydrogen-bond acceptors (Lipinski definition) is 4. The fraction of sp³-hybridized carbons (Fsp3) is 0.500. The Labute approximate surface area is 133 Å². The van der Waals surface area contributed by atoms with E-state index < -0.39 is 0 Å². The number of hydrogen-bond donors (Lipinski definition) is 1. The minimum atomic E-state index is 0.609. The predicted octanol–water partition coefficient (Wildman–Crippen LogP) is 3.50. The SMILES string of the molecule is Brc1ccccc1Cc1noc(CCC2CCCCN2)n1. The van der Waals surface area contributed by atoms with Crippen molar-refractivity contribution in [2.45, 2.75) is 44.6 Å². The summed E-state index contributed by atoms with van der Waals surface area (Å²) in [6.45, 7) is 1.14. The van der Waals surface area contributed by atoms with Gasteiger partial charge < -0.3 is 9.84 Å². The lowest BCUT2D eigenvalue weighted by Crippen LogP contribution is -2.34. The van der Waals surface area contributed by atoms with Crippen LogP contribution in [0.5, 0.6) is 0 Å². The molecule has 1 aliphatic heterocycles. The molecule has 1 fully saturated rings. The molecule has 1 N–H and O–H groups in total. The first-order valence-corrected chi connectivity index (χ1v) is 8.39. The summed E-state index contributed by atoms with van der Waals surface area (Å²) in [7, 11) is 0. The second-order valence-corrected chi connectivity index (χ2v) is 6.41. The molecule has 0 aliphatic carbocycles. The Hall–Kier alpha value is -1.20. The van der Waals surface area contributed by atoms with Gasteiger partial charge in [-0.1, -0.05) is 45.7 Å². The van der Waals surface area contributed by atoms with Gasteiger partial charge in [-0.25, -0.2) is 0 Å². The zero-order valence-electron chi connectivity index (χ0n) is 12.0. The van der Waals surface area contributed by atoms with Crippen LogP contribution in [0, 0.1) is 0 Å². The predicted molar refractivity (Wildman–Crippen MR) is 85.2 cm³/mol. The third-order valence-corrected chi connectivity index (χ3v) is 4.71. The van der Waals surface area contributed by atoms with Crippen LogP contribution in [-0.2, 0) is 12.8 Å². The van der Waals surface area contributed by atoms with Gasteiger partial charge >= 0.3 is 0 Å². The summed E-state index contributed by atoms with van der Waals surface area (Å²) in [4.78, 5) is 4.50. The van der Waals surface area contributed by atoms with Crippen LogP contribution in [0.4, 0.5) is 0 Å². The lowest BCUT2D eigenvalue weighted by Gasteiger charge is -2.22. The Morgan fingerprint density at radius 2 is 2.19 bits per heavy atom. The van der Waals surface area contributed by atoms with Crippen molar-refractivity contribution >= 4 is 15.9 Å². The van der Waals surface area contributed by atoms with Gasteiger partial charge in [-0.05, 0) is 37.4 Å². The van der Waals surface area contributed by atoms with Crippen LogP contribution in [-0.4, -0.2) is 22.7 Å². The second kappa shape index (κ2) is 7.18. The molecule has 1 atom stereocenters. The third-order valence-electron chi connectivity index (χ3n) is 3.94. The first-order chi connectivity index (χ1) is 10.3. The summed E-state index contributed by atoms with van der Waals surface area (Å²) in [5.41, 5.74) is 1.18. The van der Waals surface area contributed by atoms with Crippen LogP contribution in [0.1, 0.15) is 43.0 Å². The monoisotopic (exact) mass is 349 g/mol. The Bertz CT molecular complexity index is 578. The maximum absolute atomic E-state index is 5.36. The van der Waals surface area contributed by atoms with E-state index in [0.29, 0.717) is 12.5 Å². The summed E-state index contributed by atoms with van der Waals surface area (Å²) in [5.74, 6) is 1.51. The van der Waals surface area contributed by atoms with Gasteiger partial charge in [-0.15, -0.1) is 0 Å². The molecular formula is C16H20BrN3O. The van der Waals surface area contributed by atoms with Crippen LogP contribution in [0.15, 0.2) is 33.3 Å². The van der Waals surface area contributed by atoms with Crippen molar-refractivity contribution in [3.05, 3.63) is 46.0 Å². The molecule has 1 unspecified atom stereocenters. The molecule has 0 spiro atoms. The minimum absolute atomic E-state index is 0.609. The molecule has 0 saturated carbocycles. The molecule has 1 aromatic carbocycles. The van der Waals surface area contributed by atoms with E-state index in [0.717, 1.165) is 35.6 Å². The number of piperidine rings is 1. The van der Waals surface area contributed by atoms with Crippen LogP contribution in [0.3, 0.4) is 0 Å². The van der Waals surface area contributed by atoms with E-state index in [-0.39, 0.29) is 0 Å². The van der Waals surface area contributed by atoms with Crippen molar-refractivity contribution in [2.75, 3.05) is 6.54 Å². The molecule has 21 heavy (non-hydrogen) atoms. The van der Waals surface area contributed by atoms with E-state index in [9.17, 15) is 0 Å². The van der Waals surface area contributed by atoms with Crippen LogP contribution in [0.2, 0.25) is 0 Å². The Balaban J connectivity index is 1.55. The van der Waals surface area contributed by atoms with E-state index in [1.54, 1.807) is 0 Å². The van der Waals surface area contributed by atoms with E-state index in [1.807, 2.05) is 18.2 Å². The highest BCUT2D eigenvalue weighted by molar-refractivity contribution is 9.10. The van der Waals surface area contributed by atoms with E-state index >= 15 is 0 Å². The molecule has 0 amide bonds. The van der Waals surface area contributed by atoms with Gasteiger partial charge in [-0.3, -0.25) is 0 Å². The van der Waals surface area contributed by atoms with Crippen LogP contribution in [0.25, 0.3) is 0 Å². The molecule has 1 saturated heterocycles. The summed E-state index contributed by atoms with van der Waals surface area (Å²) >= 11 is 3.55. The van der Waals surface area contributed by atoms with Gasteiger partial charge in [0.1, 0.15) is 0 Å². The molecule has 0 radical (unpaired) electrons. The first-order valence-electron chi connectivity index (χ1n) is 7.59. The minimum Gasteiger partial charge on any atom is -0.339 e. The normalized spacial score (nSPS) is 18.8. The van der Waals surface area contributed by atoms with Crippen molar-refractivity contribution in [1.82, 2.24) is 15.5 Å². The number of nitrogens with zero attached hydrogens (tertiary/aromatic N) is 2. The molecule has 2 heterocycles. The molecule has 1 aliphatic rings.